The van der Waals surface area contributed by atoms with Crippen molar-refractivity contribution in [1.29, 1.82) is 5.26 Å². The lowest BCUT2D eigenvalue weighted by molar-refractivity contribution is 1.32. The molecular weight excluding hydrogens is 312 g/mol. The molecule has 0 atom stereocenters. The van der Waals surface area contributed by atoms with Gasteiger partial charge in [0.15, 0.2) is 0 Å². The zero-order valence-electron chi connectivity index (χ0n) is 14.0. The first-order valence-electron chi connectivity index (χ1n) is 7.79. The highest BCUT2D eigenvalue weighted by atomic mass is 32.1. The number of nitrogens with zero attached hydrogens (tertiary/aromatic N) is 2. The van der Waals surface area contributed by atoms with E-state index in [2.05, 4.69) is 49.2 Å². The molecule has 118 valence electrons. The summed E-state index contributed by atoms with van der Waals surface area (Å²) in [4.78, 5) is 4.67. The van der Waals surface area contributed by atoms with Crippen molar-refractivity contribution in [3.63, 3.8) is 0 Å². The summed E-state index contributed by atoms with van der Waals surface area (Å²) in [5, 5.41) is 12.3. The number of thiazole rings is 1. The van der Waals surface area contributed by atoms with Crippen LogP contribution in [0.5, 0.6) is 0 Å². The van der Waals surface area contributed by atoms with Crippen LogP contribution in [0.25, 0.3) is 22.9 Å². The number of hydrogen-bond acceptors (Lipinski definition) is 3. The van der Waals surface area contributed by atoms with Gasteiger partial charge in [-0.05, 0) is 49.6 Å². The van der Waals surface area contributed by atoms with E-state index < -0.39 is 0 Å². The predicted octanol–water partition coefficient (Wildman–Crippen LogP) is 5.80. The van der Waals surface area contributed by atoms with Crippen LogP contribution in [-0.4, -0.2) is 4.98 Å². The van der Waals surface area contributed by atoms with Gasteiger partial charge in [0, 0.05) is 10.9 Å². The minimum Gasteiger partial charge on any atom is -0.235 e. The van der Waals surface area contributed by atoms with Gasteiger partial charge in [0.2, 0.25) is 0 Å². The smallest absolute Gasteiger partial charge is 0.134 e. The van der Waals surface area contributed by atoms with Crippen molar-refractivity contribution in [2.45, 2.75) is 20.8 Å². The summed E-state index contributed by atoms with van der Waals surface area (Å²) in [6.07, 6.45) is 1.90. The number of nitriles is 1. The third-order valence-corrected chi connectivity index (χ3v) is 4.89. The lowest BCUT2D eigenvalue weighted by atomic mass is 10.0. The Morgan fingerprint density at radius 3 is 2.62 bits per heavy atom. The summed E-state index contributed by atoms with van der Waals surface area (Å²) in [6.45, 7) is 6.25. The van der Waals surface area contributed by atoms with Crippen LogP contribution < -0.4 is 0 Å². The maximum absolute atomic E-state index is 9.52. The lowest BCUT2D eigenvalue weighted by Crippen LogP contribution is -1.85. The Labute approximate surface area is 146 Å². The second kappa shape index (κ2) is 6.82. The molecule has 1 heterocycles. The molecule has 0 aliphatic rings. The molecule has 0 aliphatic heterocycles. The largest absolute Gasteiger partial charge is 0.235 e. The van der Waals surface area contributed by atoms with Gasteiger partial charge in [-0.3, -0.25) is 0 Å². The van der Waals surface area contributed by atoms with Gasteiger partial charge in [0.25, 0.3) is 0 Å². The first kappa shape index (κ1) is 16.2. The van der Waals surface area contributed by atoms with Crippen LogP contribution in [0.1, 0.15) is 27.3 Å². The molecule has 0 amide bonds. The average molecular weight is 330 g/mol. The maximum atomic E-state index is 9.52. The van der Waals surface area contributed by atoms with Crippen molar-refractivity contribution in [1.82, 2.24) is 4.98 Å². The minimum atomic E-state index is 0.598. The van der Waals surface area contributed by atoms with Gasteiger partial charge < -0.3 is 0 Å². The van der Waals surface area contributed by atoms with Gasteiger partial charge in [-0.25, -0.2) is 4.98 Å². The SMILES string of the molecule is Cc1cccc(/C=C(\C#N)c2nc(-c3ccc(C)c(C)c3)cs2)c1. The predicted molar refractivity (Wildman–Crippen MR) is 102 cm³/mol. The van der Waals surface area contributed by atoms with Crippen LogP contribution in [0.4, 0.5) is 0 Å². The Morgan fingerprint density at radius 1 is 1.08 bits per heavy atom. The standard InChI is InChI=1S/C21H18N2S/c1-14-5-4-6-17(9-14)11-19(12-22)21-23-20(13-24-21)18-8-7-15(2)16(3)10-18/h4-11,13H,1-3H3/b19-11+. The molecule has 0 spiro atoms. The third-order valence-electron chi connectivity index (χ3n) is 4.01. The molecule has 0 unspecified atom stereocenters. The summed E-state index contributed by atoms with van der Waals surface area (Å²) in [7, 11) is 0. The van der Waals surface area contributed by atoms with Crippen molar-refractivity contribution in [2.75, 3.05) is 0 Å². The molecule has 2 aromatic carbocycles. The maximum Gasteiger partial charge on any atom is 0.134 e. The minimum absolute atomic E-state index is 0.598. The lowest BCUT2D eigenvalue weighted by Gasteiger charge is -2.02. The number of benzene rings is 2. The molecule has 0 aliphatic carbocycles. The number of aromatic nitrogens is 1. The van der Waals surface area contributed by atoms with Gasteiger partial charge in [0.05, 0.1) is 11.3 Å². The van der Waals surface area contributed by atoms with Crippen LogP contribution in [0, 0.1) is 32.1 Å². The van der Waals surface area contributed by atoms with Crippen LogP contribution >= 0.6 is 11.3 Å². The zero-order valence-corrected chi connectivity index (χ0v) is 14.8. The summed E-state index contributed by atoms with van der Waals surface area (Å²) in [5.74, 6) is 0. The molecule has 0 radical (unpaired) electrons. The first-order valence-corrected chi connectivity index (χ1v) is 8.67. The van der Waals surface area contributed by atoms with Gasteiger partial charge in [-0.2, -0.15) is 5.26 Å². The molecule has 3 aromatic rings. The average Bonchev–Trinajstić information content (AvgIpc) is 3.05. The Balaban J connectivity index is 1.96. The molecule has 1 aromatic heterocycles. The fraction of sp³-hybridized carbons (Fsp3) is 0.143. The first-order chi connectivity index (χ1) is 11.6. The van der Waals surface area contributed by atoms with Gasteiger partial charge in [0.1, 0.15) is 11.1 Å². The molecule has 0 saturated carbocycles. The van der Waals surface area contributed by atoms with Crippen LogP contribution in [0.15, 0.2) is 47.8 Å². The van der Waals surface area contributed by atoms with Crippen LogP contribution in [0.2, 0.25) is 0 Å². The summed E-state index contributed by atoms with van der Waals surface area (Å²) in [6, 6.07) is 16.7. The number of aryl methyl sites for hydroxylation is 3. The van der Waals surface area contributed by atoms with E-state index in [4.69, 9.17) is 0 Å². The Hall–Kier alpha value is -2.70. The number of rotatable bonds is 3. The molecule has 0 N–H and O–H groups in total. The van der Waals surface area contributed by atoms with Crippen molar-refractivity contribution in [2.24, 2.45) is 0 Å². The Bertz CT molecular complexity index is 958. The van der Waals surface area contributed by atoms with E-state index >= 15 is 0 Å². The summed E-state index contributed by atoms with van der Waals surface area (Å²) >= 11 is 1.51. The van der Waals surface area contributed by atoms with E-state index in [1.165, 1.54) is 28.0 Å². The highest BCUT2D eigenvalue weighted by Crippen LogP contribution is 2.28. The van der Waals surface area contributed by atoms with E-state index in [0.717, 1.165) is 21.8 Å². The monoisotopic (exact) mass is 330 g/mol. The van der Waals surface area contributed by atoms with E-state index in [1.54, 1.807) is 0 Å². The van der Waals surface area contributed by atoms with Crippen LogP contribution in [0.3, 0.4) is 0 Å². The second-order valence-corrected chi connectivity index (χ2v) is 6.78. The molecule has 0 fully saturated rings. The van der Waals surface area contributed by atoms with Gasteiger partial charge in [-0.1, -0.05) is 42.0 Å². The second-order valence-electron chi connectivity index (χ2n) is 5.92. The van der Waals surface area contributed by atoms with Crippen LogP contribution in [-0.2, 0) is 0 Å². The van der Waals surface area contributed by atoms with E-state index in [-0.39, 0.29) is 0 Å². The summed E-state index contributed by atoms with van der Waals surface area (Å²) in [5.41, 5.74) is 7.33. The van der Waals surface area contributed by atoms with Gasteiger partial charge in [-0.15, -0.1) is 11.3 Å². The molecule has 3 rings (SSSR count). The van der Waals surface area contributed by atoms with Gasteiger partial charge >= 0.3 is 0 Å². The highest BCUT2D eigenvalue weighted by molar-refractivity contribution is 7.11. The number of hydrogen-bond donors (Lipinski definition) is 0. The summed E-state index contributed by atoms with van der Waals surface area (Å²) < 4.78 is 0. The number of allylic oxidation sites excluding steroid dienone is 1. The fourth-order valence-corrected chi connectivity index (χ4v) is 3.29. The molecular formula is C21H18N2S. The van der Waals surface area contributed by atoms with Crippen molar-refractivity contribution in [3.8, 4) is 17.3 Å². The topological polar surface area (TPSA) is 36.7 Å². The van der Waals surface area contributed by atoms with Crippen molar-refractivity contribution in [3.05, 3.63) is 75.1 Å². The van der Waals surface area contributed by atoms with E-state index in [9.17, 15) is 5.26 Å². The van der Waals surface area contributed by atoms with E-state index in [0.29, 0.717) is 5.57 Å². The zero-order chi connectivity index (χ0) is 17.1. The Morgan fingerprint density at radius 2 is 1.92 bits per heavy atom. The third kappa shape index (κ3) is 3.45. The Kier molecular flexibility index (Phi) is 4.59. The quantitative estimate of drug-likeness (QED) is 0.569. The highest BCUT2D eigenvalue weighted by Gasteiger charge is 2.09. The van der Waals surface area contributed by atoms with Crippen molar-refractivity contribution >= 4 is 23.0 Å². The fourth-order valence-electron chi connectivity index (χ4n) is 2.50. The molecule has 2 nitrogen and oxygen atoms in total. The molecule has 24 heavy (non-hydrogen) atoms. The van der Waals surface area contributed by atoms with Crippen molar-refractivity contribution < 1.29 is 0 Å². The van der Waals surface area contributed by atoms with E-state index in [1.807, 2.05) is 36.6 Å². The molecule has 3 heteroatoms. The molecule has 0 saturated heterocycles. The molecule has 0 bridgehead atoms. The normalized spacial score (nSPS) is 11.3.